The molecule has 1 unspecified atom stereocenters. The molecule has 0 spiro atoms. The zero-order valence-electron chi connectivity index (χ0n) is 10.3. The number of hydrogen-bond acceptors (Lipinski definition) is 2. The normalized spacial score (nSPS) is 22.1. The van der Waals surface area contributed by atoms with Crippen LogP contribution in [0.15, 0.2) is 48.5 Å². The maximum atomic E-state index is 10.2. The van der Waals surface area contributed by atoms with Gasteiger partial charge in [-0.2, -0.15) is 0 Å². The minimum Gasteiger partial charge on any atom is -0.485 e. The highest BCUT2D eigenvalue weighted by molar-refractivity contribution is 5.39. The van der Waals surface area contributed by atoms with E-state index < -0.39 is 6.10 Å². The summed E-state index contributed by atoms with van der Waals surface area (Å²) < 4.78 is 6.01. The molecule has 0 fully saturated rings. The van der Waals surface area contributed by atoms with Crippen LogP contribution in [0.1, 0.15) is 35.3 Å². The highest BCUT2D eigenvalue weighted by Gasteiger charge is 2.28. The third-order valence-electron chi connectivity index (χ3n) is 3.52. The van der Waals surface area contributed by atoms with Gasteiger partial charge >= 0.3 is 0 Å². The average molecular weight is 240 g/mol. The molecule has 2 aromatic rings. The van der Waals surface area contributed by atoms with Crippen molar-refractivity contribution in [3.63, 3.8) is 0 Å². The zero-order chi connectivity index (χ0) is 12.5. The lowest BCUT2D eigenvalue weighted by molar-refractivity contribution is 0.0655. The van der Waals surface area contributed by atoms with Gasteiger partial charge in [0.2, 0.25) is 0 Å². The maximum absolute atomic E-state index is 10.2. The molecule has 0 amide bonds. The van der Waals surface area contributed by atoms with Gasteiger partial charge in [0, 0.05) is 12.0 Å². The number of hydrogen-bond donors (Lipinski definition) is 1. The molecule has 2 aromatic carbocycles. The second kappa shape index (κ2) is 4.46. The number of aliphatic hydroxyl groups is 1. The van der Waals surface area contributed by atoms with E-state index in [1.54, 1.807) is 0 Å². The predicted molar refractivity (Wildman–Crippen MR) is 70.6 cm³/mol. The number of rotatable bonds is 1. The van der Waals surface area contributed by atoms with Crippen molar-refractivity contribution >= 4 is 0 Å². The maximum Gasteiger partial charge on any atom is 0.127 e. The summed E-state index contributed by atoms with van der Waals surface area (Å²) in [5.74, 6) is 0.796. The molecule has 1 aliphatic heterocycles. The lowest BCUT2D eigenvalue weighted by atomic mass is 9.93. The van der Waals surface area contributed by atoms with Crippen molar-refractivity contribution < 1.29 is 9.84 Å². The van der Waals surface area contributed by atoms with Gasteiger partial charge in [-0.05, 0) is 24.1 Å². The fraction of sp³-hybridized carbons (Fsp3) is 0.250. The zero-order valence-corrected chi connectivity index (χ0v) is 10.3. The Morgan fingerprint density at radius 2 is 1.67 bits per heavy atom. The van der Waals surface area contributed by atoms with Gasteiger partial charge in [0.25, 0.3) is 0 Å². The highest BCUT2D eigenvalue weighted by atomic mass is 16.5. The number of para-hydroxylation sites is 1. The Balaban J connectivity index is 1.97. The predicted octanol–water partition coefficient (Wildman–Crippen LogP) is 3.55. The van der Waals surface area contributed by atoms with Gasteiger partial charge in [-0.3, -0.25) is 0 Å². The Kier molecular flexibility index (Phi) is 2.80. The van der Waals surface area contributed by atoms with E-state index in [9.17, 15) is 5.11 Å². The molecular weight excluding hydrogens is 224 g/mol. The van der Waals surface area contributed by atoms with Crippen LogP contribution in [-0.4, -0.2) is 5.11 Å². The Labute approximate surface area is 107 Å². The quantitative estimate of drug-likeness (QED) is 0.826. The summed E-state index contributed by atoms with van der Waals surface area (Å²) in [5.41, 5.74) is 3.25. The van der Waals surface area contributed by atoms with E-state index in [1.807, 2.05) is 36.4 Å². The molecule has 0 saturated heterocycles. The molecule has 2 nitrogen and oxygen atoms in total. The molecule has 2 heteroatoms. The van der Waals surface area contributed by atoms with Crippen LogP contribution in [0.2, 0.25) is 0 Å². The number of ether oxygens (including phenoxy) is 1. The van der Waals surface area contributed by atoms with Crippen LogP contribution in [-0.2, 0) is 0 Å². The van der Waals surface area contributed by atoms with E-state index in [0.29, 0.717) is 6.42 Å². The molecule has 1 N–H and O–H groups in total. The highest BCUT2D eigenvalue weighted by Crippen LogP contribution is 2.41. The fourth-order valence-corrected chi connectivity index (χ4v) is 2.53. The van der Waals surface area contributed by atoms with Crippen LogP contribution in [0.3, 0.4) is 0 Å². The monoisotopic (exact) mass is 240 g/mol. The van der Waals surface area contributed by atoms with Crippen LogP contribution in [0, 0.1) is 6.92 Å². The van der Waals surface area contributed by atoms with Gasteiger partial charge < -0.3 is 9.84 Å². The van der Waals surface area contributed by atoms with Crippen LogP contribution >= 0.6 is 0 Å². The van der Waals surface area contributed by atoms with Gasteiger partial charge in [-0.25, -0.2) is 0 Å². The number of benzene rings is 2. The smallest absolute Gasteiger partial charge is 0.127 e. The van der Waals surface area contributed by atoms with Crippen molar-refractivity contribution in [1.82, 2.24) is 0 Å². The molecule has 0 aromatic heterocycles. The van der Waals surface area contributed by atoms with Crippen molar-refractivity contribution in [2.45, 2.75) is 25.6 Å². The second-order valence-corrected chi connectivity index (χ2v) is 4.75. The number of aliphatic hydroxyl groups excluding tert-OH is 1. The Morgan fingerprint density at radius 3 is 2.44 bits per heavy atom. The topological polar surface area (TPSA) is 29.5 Å². The summed E-state index contributed by atoms with van der Waals surface area (Å²) >= 11 is 0. The van der Waals surface area contributed by atoms with Crippen LogP contribution in [0.4, 0.5) is 0 Å². The van der Waals surface area contributed by atoms with Crippen molar-refractivity contribution in [3.05, 3.63) is 65.2 Å². The molecule has 1 heterocycles. The summed E-state index contributed by atoms with van der Waals surface area (Å²) in [4.78, 5) is 0. The van der Waals surface area contributed by atoms with E-state index in [2.05, 4.69) is 19.1 Å². The van der Waals surface area contributed by atoms with E-state index in [1.165, 1.54) is 5.56 Å². The van der Waals surface area contributed by atoms with Crippen molar-refractivity contribution in [3.8, 4) is 5.75 Å². The lowest BCUT2D eigenvalue weighted by Gasteiger charge is -2.30. The molecule has 18 heavy (non-hydrogen) atoms. The summed E-state index contributed by atoms with van der Waals surface area (Å²) in [6, 6.07) is 15.9. The minimum atomic E-state index is -0.445. The van der Waals surface area contributed by atoms with Crippen LogP contribution in [0.25, 0.3) is 0 Å². The lowest BCUT2D eigenvalue weighted by Crippen LogP contribution is -2.19. The molecule has 3 rings (SSSR count). The molecule has 0 aliphatic carbocycles. The van der Waals surface area contributed by atoms with Gasteiger partial charge in [0.1, 0.15) is 11.9 Å². The average Bonchev–Trinajstić information content (AvgIpc) is 2.39. The van der Waals surface area contributed by atoms with E-state index in [-0.39, 0.29) is 6.10 Å². The summed E-state index contributed by atoms with van der Waals surface area (Å²) in [7, 11) is 0. The van der Waals surface area contributed by atoms with Gasteiger partial charge in [-0.1, -0.05) is 42.5 Å². The van der Waals surface area contributed by atoms with Gasteiger partial charge in [0.05, 0.1) is 6.10 Å². The molecule has 2 atom stereocenters. The molecule has 0 saturated carbocycles. The number of aryl methyl sites for hydroxylation is 1. The van der Waals surface area contributed by atoms with E-state index in [4.69, 9.17) is 4.74 Å². The summed E-state index contributed by atoms with van der Waals surface area (Å²) in [5, 5.41) is 10.2. The molecule has 0 bridgehead atoms. The third-order valence-corrected chi connectivity index (χ3v) is 3.52. The molecule has 1 aliphatic rings. The van der Waals surface area contributed by atoms with Crippen LogP contribution in [0.5, 0.6) is 5.75 Å². The van der Waals surface area contributed by atoms with E-state index >= 15 is 0 Å². The standard InChI is InChI=1S/C16H16O2/c1-11-6-2-3-7-12(11)16-10-14(17)13-8-4-5-9-15(13)18-16/h2-9,14,16-17H,10H2,1H3/t14-,16?/m0/s1. The Bertz CT molecular complexity index is 563. The summed E-state index contributed by atoms with van der Waals surface area (Å²) in [6.45, 7) is 2.07. The molecular formula is C16H16O2. The van der Waals surface area contributed by atoms with E-state index in [0.717, 1.165) is 16.9 Å². The second-order valence-electron chi connectivity index (χ2n) is 4.75. The Hall–Kier alpha value is -1.80. The summed E-state index contributed by atoms with van der Waals surface area (Å²) in [6.07, 6.45) is 0.109. The Morgan fingerprint density at radius 1 is 1.00 bits per heavy atom. The van der Waals surface area contributed by atoms with Crippen molar-refractivity contribution in [1.29, 1.82) is 0 Å². The third kappa shape index (κ3) is 1.89. The van der Waals surface area contributed by atoms with Crippen molar-refractivity contribution in [2.24, 2.45) is 0 Å². The first-order valence-corrected chi connectivity index (χ1v) is 6.25. The first-order valence-electron chi connectivity index (χ1n) is 6.25. The van der Waals surface area contributed by atoms with Gasteiger partial charge in [0.15, 0.2) is 0 Å². The first kappa shape index (κ1) is 11.3. The van der Waals surface area contributed by atoms with Crippen molar-refractivity contribution in [2.75, 3.05) is 0 Å². The SMILES string of the molecule is Cc1ccccc1C1C[C@H](O)c2ccccc2O1. The molecule has 0 radical (unpaired) electrons. The first-order chi connectivity index (χ1) is 8.75. The van der Waals surface area contributed by atoms with Crippen LogP contribution < -0.4 is 4.74 Å². The molecule has 92 valence electrons. The largest absolute Gasteiger partial charge is 0.485 e. The minimum absolute atomic E-state index is 0.0592. The van der Waals surface area contributed by atoms with Gasteiger partial charge in [-0.15, -0.1) is 0 Å². The number of fused-ring (bicyclic) bond motifs is 1. The fourth-order valence-electron chi connectivity index (χ4n) is 2.53.